The van der Waals surface area contributed by atoms with Crippen molar-refractivity contribution in [3.63, 3.8) is 0 Å². The molecule has 15 heavy (non-hydrogen) atoms. The van der Waals surface area contributed by atoms with Crippen molar-refractivity contribution in [1.82, 2.24) is 10.2 Å². The molecule has 0 aliphatic carbocycles. The molecule has 0 saturated heterocycles. The van der Waals surface area contributed by atoms with E-state index in [-0.39, 0.29) is 18.0 Å². The van der Waals surface area contributed by atoms with Gasteiger partial charge < -0.3 is 11.1 Å². The lowest BCUT2D eigenvalue weighted by Crippen LogP contribution is -2.46. The van der Waals surface area contributed by atoms with Crippen LogP contribution >= 0.6 is 12.2 Å². The summed E-state index contributed by atoms with van der Waals surface area (Å²) in [5.41, 5.74) is 5.40. The molecule has 1 atom stereocenters. The van der Waals surface area contributed by atoms with E-state index in [9.17, 15) is 4.79 Å². The van der Waals surface area contributed by atoms with Crippen LogP contribution in [0.4, 0.5) is 0 Å². The zero-order chi connectivity index (χ0) is 12.0. The fourth-order valence-corrected chi connectivity index (χ4v) is 1.18. The van der Waals surface area contributed by atoms with Gasteiger partial charge in [-0.05, 0) is 27.8 Å². The van der Waals surface area contributed by atoms with E-state index in [4.69, 9.17) is 18.0 Å². The van der Waals surface area contributed by atoms with Crippen molar-refractivity contribution in [2.45, 2.75) is 39.3 Å². The van der Waals surface area contributed by atoms with Crippen molar-refractivity contribution in [1.29, 1.82) is 0 Å². The maximum Gasteiger partial charge on any atom is 0.237 e. The van der Waals surface area contributed by atoms with Crippen molar-refractivity contribution < 1.29 is 4.79 Å². The fraction of sp³-hybridized carbons (Fsp3) is 0.800. The van der Waals surface area contributed by atoms with Gasteiger partial charge in [-0.15, -0.1) is 0 Å². The molecule has 0 heterocycles. The van der Waals surface area contributed by atoms with Crippen molar-refractivity contribution in [2.24, 2.45) is 5.73 Å². The van der Waals surface area contributed by atoms with Crippen LogP contribution in [0.1, 0.15) is 27.2 Å². The Kier molecular flexibility index (Phi) is 6.43. The lowest BCUT2D eigenvalue weighted by Gasteiger charge is -2.24. The lowest BCUT2D eigenvalue weighted by atomic mass is 10.2. The van der Waals surface area contributed by atoms with E-state index in [1.165, 1.54) is 0 Å². The highest BCUT2D eigenvalue weighted by Crippen LogP contribution is 1.98. The summed E-state index contributed by atoms with van der Waals surface area (Å²) in [5.74, 6) is 0.0374. The van der Waals surface area contributed by atoms with Crippen molar-refractivity contribution >= 4 is 23.1 Å². The van der Waals surface area contributed by atoms with E-state index >= 15 is 0 Å². The summed E-state index contributed by atoms with van der Waals surface area (Å²) in [7, 11) is 1.89. The predicted molar refractivity (Wildman–Crippen MR) is 66.8 cm³/mol. The summed E-state index contributed by atoms with van der Waals surface area (Å²) >= 11 is 4.79. The van der Waals surface area contributed by atoms with E-state index in [0.717, 1.165) is 0 Å². The molecule has 4 nitrogen and oxygen atoms in total. The Morgan fingerprint density at radius 3 is 2.40 bits per heavy atom. The largest absolute Gasteiger partial charge is 0.393 e. The molecule has 0 radical (unpaired) electrons. The predicted octanol–water partition coefficient (Wildman–Crippen LogP) is 0.508. The van der Waals surface area contributed by atoms with E-state index < -0.39 is 0 Å². The second-order valence-electron chi connectivity index (χ2n) is 4.04. The van der Waals surface area contributed by atoms with Gasteiger partial charge in [-0.1, -0.05) is 12.2 Å². The summed E-state index contributed by atoms with van der Waals surface area (Å²) in [5, 5.41) is 2.87. The minimum atomic E-state index is -0.151. The number of nitrogens with zero attached hydrogens (tertiary/aromatic N) is 1. The number of nitrogens with two attached hydrogens (primary N) is 1. The van der Waals surface area contributed by atoms with Crippen molar-refractivity contribution in [3.8, 4) is 0 Å². The monoisotopic (exact) mass is 231 g/mol. The second-order valence-corrected chi connectivity index (χ2v) is 4.56. The number of amides is 1. The summed E-state index contributed by atoms with van der Waals surface area (Å²) < 4.78 is 0. The van der Waals surface area contributed by atoms with Crippen LogP contribution in [0.3, 0.4) is 0 Å². The molecule has 0 bridgehead atoms. The molecule has 0 fully saturated rings. The van der Waals surface area contributed by atoms with Crippen LogP contribution in [0.2, 0.25) is 0 Å². The molecule has 0 aromatic rings. The fourth-order valence-electron chi connectivity index (χ4n) is 1.09. The summed E-state index contributed by atoms with van der Waals surface area (Å²) in [6, 6.07) is 0.0192. The Morgan fingerprint density at radius 2 is 2.00 bits per heavy atom. The number of hydrogen-bond donors (Lipinski definition) is 2. The first-order chi connectivity index (χ1) is 6.84. The molecule has 3 N–H and O–H groups in total. The third kappa shape index (κ3) is 6.41. The summed E-state index contributed by atoms with van der Waals surface area (Å²) in [4.78, 5) is 14.0. The molecule has 0 aromatic heterocycles. The zero-order valence-corrected chi connectivity index (χ0v) is 10.7. The summed E-state index contributed by atoms with van der Waals surface area (Å²) in [6.45, 7) is 6.47. The Labute approximate surface area is 97.2 Å². The van der Waals surface area contributed by atoms with E-state index in [1.807, 2.05) is 32.7 Å². The number of nitrogens with one attached hydrogen (secondary N) is 1. The van der Waals surface area contributed by atoms with Gasteiger partial charge in [0.05, 0.1) is 11.0 Å². The first-order valence-electron chi connectivity index (χ1n) is 5.13. The molecule has 0 aromatic carbocycles. The van der Waals surface area contributed by atoms with Gasteiger partial charge in [0.25, 0.3) is 0 Å². The van der Waals surface area contributed by atoms with Gasteiger partial charge in [-0.2, -0.15) is 0 Å². The van der Waals surface area contributed by atoms with E-state index in [2.05, 4.69) is 5.32 Å². The highest BCUT2D eigenvalue weighted by molar-refractivity contribution is 7.80. The van der Waals surface area contributed by atoms with Crippen LogP contribution in [0.25, 0.3) is 0 Å². The van der Waals surface area contributed by atoms with Crippen LogP contribution in [0.5, 0.6) is 0 Å². The third-order valence-corrected chi connectivity index (χ3v) is 2.39. The molecule has 0 rings (SSSR count). The molecule has 1 unspecified atom stereocenters. The number of likely N-dealkylation sites (N-methyl/N-ethyl adjacent to an activating group) is 1. The standard InChI is InChI=1S/C10H21N3OS/c1-7(2)12-10(14)8(3)13(4)6-5-9(11)15/h7-8H,5-6H2,1-4H3,(H2,11,15)(H,12,14). The van der Waals surface area contributed by atoms with Crippen molar-refractivity contribution in [3.05, 3.63) is 0 Å². The van der Waals surface area contributed by atoms with Crippen LogP contribution in [-0.4, -0.2) is 41.5 Å². The molecule has 1 amide bonds. The quantitative estimate of drug-likeness (QED) is 0.654. The Hall–Kier alpha value is -0.680. The highest BCUT2D eigenvalue weighted by Gasteiger charge is 2.17. The Bertz CT molecular complexity index is 231. The number of carbonyl (C=O) groups is 1. The van der Waals surface area contributed by atoms with Crippen LogP contribution < -0.4 is 11.1 Å². The molecule has 88 valence electrons. The van der Waals surface area contributed by atoms with Gasteiger partial charge in [-0.25, -0.2) is 0 Å². The first kappa shape index (κ1) is 14.3. The molecule has 0 aliphatic rings. The van der Waals surface area contributed by atoms with Gasteiger partial charge in [0.2, 0.25) is 5.91 Å². The third-order valence-electron chi connectivity index (χ3n) is 2.18. The normalized spacial score (nSPS) is 12.9. The molecule has 0 spiro atoms. The van der Waals surface area contributed by atoms with Crippen LogP contribution in [0.15, 0.2) is 0 Å². The van der Waals surface area contributed by atoms with Gasteiger partial charge in [0.1, 0.15) is 0 Å². The smallest absolute Gasteiger partial charge is 0.237 e. The van der Waals surface area contributed by atoms with E-state index in [0.29, 0.717) is 18.0 Å². The van der Waals surface area contributed by atoms with Crippen LogP contribution in [-0.2, 0) is 4.79 Å². The van der Waals surface area contributed by atoms with Crippen molar-refractivity contribution in [2.75, 3.05) is 13.6 Å². The van der Waals surface area contributed by atoms with Gasteiger partial charge in [0, 0.05) is 19.0 Å². The number of hydrogen-bond acceptors (Lipinski definition) is 3. The lowest BCUT2D eigenvalue weighted by molar-refractivity contribution is -0.125. The molecule has 0 aliphatic heterocycles. The number of rotatable bonds is 6. The molecule has 5 heteroatoms. The molecule has 0 saturated carbocycles. The highest BCUT2D eigenvalue weighted by atomic mass is 32.1. The average Bonchev–Trinajstić information content (AvgIpc) is 2.11. The Morgan fingerprint density at radius 1 is 1.47 bits per heavy atom. The summed E-state index contributed by atoms with van der Waals surface area (Å²) in [6.07, 6.45) is 0.644. The average molecular weight is 231 g/mol. The number of carbonyl (C=O) groups excluding carboxylic acids is 1. The maximum absolute atomic E-state index is 11.6. The molecular weight excluding hydrogens is 210 g/mol. The topological polar surface area (TPSA) is 58.4 Å². The second kappa shape index (κ2) is 6.74. The number of thiocarbonyl (C=S) groups is 1. The Balaban J connectivity index is 4.01. The van der Waals surface area contributed by atoms with Crippen LogP contribution in [0, 0.1) is 0 Å². The molecular formula is C10H21N3OS. The van der Waals surface area contributed by atoms with Gasteiger partial charge in [0.15, 0.2) is 0 Å². The SMILES string of the molecule is CC(C)NC(=O)C(C)N(C)CCC(N)=S. The van der Waals surface area contributed by atoms with E-state index in [1.54, 1.807) is 0 Å². The minimum Gasteiger partial charge on any atom is -0.393 e. The maximum atomic E-state index is 11.6. The zero-order valence-electron chi connectivity index (χ0n) is 9.91. The first-order valence-corrected chi connectivity index (χ1v) is 5.54. The van der Waals surface area contributed by atoms with Gasteiger partial charge >= 0.3 is 0 Å². The minimum absolute atomic E-state index is 0.0374. The van der Waals surface area contributed by atoms with Gasteiger partial charge in [-0.3, -0.25) is 9.69 Å².